The number of rotatable bonds is 1. The predicted octanol–water partition coefficient (Wildman–Crippen LogP) is 3.59. The van der Waals surface area contributed by atoms with Crippen molar-refractivity contribution in [3.8, 4) is 17.6 Å². The largest absolute Gasteiger partial charge is 0.506 e. The van der Waals surface area contributed by atoms with E-state index >= 15 is 0 Å². The molecule has 1 N–H and O–H groups in total. The number of phenolic OH excluding ortho intramolecular Hbond substituents is 1. The summed E-state index contributed by atoms with van der Waals surface area (Å²) in [6, 6.07) is 20.7. The highest BCUT2D eigenvalue weighted by Gasteiger charge is 2.37. The van der Waals surface area contributed by atoms with Gasteiger partial charge in [-0.1, -0.05) is 42.2 Å². The second-order valence-electron chi connectivity index (χ2n) is 5.81. The van der Waals surface area contributed by atoms with Crippen LogP contribution in [-0.2, 0) is 0 Å². The fourth-order valence-electron chi connectivity index (χ4n) is 2.86. The molecule has 0 spiro atoms. The first-order valence-electron chi connectivity index (χ1n) is 8.03. The van der Waals surface area contributed by atoms with Crippen LogP contribution in [0.3, 0.4) is 0 Å². The number of carbonyl (C=O) groups excluding carboxylic acids is 2. The number of amides is 2. The molecule has 0 aromatic heterocycles. The fraction of sp³-hybridized carbons (Fsp3) is 0. The van der Waals surface area contributed by atoms with Gasteiger partial charge in [0.05, 0.1) is 16.8 Å². The summed E-state index contributed by atoms with van der Waals surface area (Å²) < 4.78 is 0. The van der Waals surface area contributed by atoms with Crippen LogP contribution in [0, 0.1) is 11.8 Å². The van der Waals surface area contributed by atoms with Crippen molar-refractivity contribution in [2.75, 3.05) is 4.90 Å². The molecular weight excluding hydrogens is 326 g/mol. The second kappa shape index (κ2) is 6.23. The zero-order valence-corrected chi connectivity index (χ0v) is 13.6. The first-order chi connectivity index (χ1) is 12.6. The Kier molecular flexibility index (Phi) is 3.75. The third-order valence-electron chi connectivity index (χ3n) is 4.13. The van der Waals surface area contributed by atoms with Crippen LogP contribution in [0.4, 0.5) is 5.69 Å². The molecule has 4 nitrogen and oxygen atoms in total. The van der Waals surface area contributed by atoms with E-state index in [1.54, 1.807) is 30.3 Å². The van der Waals surface area contributed by atoms with Gasteiger partial charge in [0.1, 0.15) is 5.75 Å². The molecular formula is C22H13NO3. The number of carbonyl (C=O) groups is 2. The van der Waals surface area contributed by atoms with Gasteiger partial charge in [0.25, 0.3) is 11.8 Å². The van der Waals surface area contributed by atoms with E-state index in [1.807, 2.05) is 30.3 Å². The highest BCUT2D eigenvalue weighted by Crippen LogP contribution is 2.34. The Morgan fingerprint density at radius 1 is 0.692 bits per heavy atom. The third-order valence-corrected chi connectivity index (χ3v) is 4.13. The SMILES string of the molecule is O=C1c2ccc(C#Cc3ccccc3)cc2C(=O)N1c1ccccc1O. The highest BCUT2D eigenvalue weighted by atomic mass is 16.3. The van der Waals surface area contributed by atoms with E-state index in [9.17, 15) is 14.7 Å². The monoisotopic (exact) mass is 339 g/mol. The maximum absolute atomic E-state index is 12.7. The smallest absolute Gasteiger partial charge is 0.266 e. The van der Waals surface area contributed by atoms with Crippen LogP contribution in [0.5, 0.6) is 5.75 Å². The highest BCUT2D eigenvalue weighted by molar-refractivity contribution is 6.34. The van der Waals surface area contributed by atoms with Crippen molar-refractivity contribution >= 4 is 17.5 Å². The van der Waals surface area contributed by atoms with Crippen LogP contribution in [0.2, 0.25) is 0 Å². The maximum atomic E-state index is 12.7. The summed E-state index contributed by atoms with van der Waals surface area (Å²) >= 11 is 0. The number of anilines is 1. The van der Waals surface area contributed by atoms with E-state index in [2.05, 4.69) is 11.8 Å². The van der Waals surface area contributed by atoms with Gasteiger partial charge in [-0.25, -0.2) is 4.90 Å². The van der Waals surface area contributed by atoms with Gasteiger partial charge in [0.2, 0.25) is 0 Å². The summed E-state index contributed by atoms with van der Waals surface area (Å²) in [5.41, 5.74) is 2.29. The van der Waals surface area contributed by atoms with Gasteiger partial charge in [-0.05, 0) is 42.5 Å². The summed E-state index contributed by atoms with van der Waals surface area (Å²) in [7, 11) is 0. The third kappa shape index (κ3) is 2.62. The second-order valence-corrected chi connectivity index (χ2v) is 5.81. The maximum Gasteiger partial charge on any atom is 0.266 e. The molecule has 3 aromatic carbocycles. The molecule has 0 atom stereocenters. The van der Waals surface area contributed by atoms with E-state index in [1.165, 1.54) is 12.1 Å². The molecule has 0 bridgehead atoms. The standard InChI is InChI=1S/C22H13NO3/c24-20-9-5-4-8-19(20)23-21(25)17-13-12-16(14-18(17)22(23)26)11-10-15-6-2-1-3-7-15/h1-9,12-14,24H. The molecule has 0 saturated carbocycles. The average Bonchev–Trinajstić information content (AvgIpc) is 2.92. The quantitative estimate of drug-likeness (QED) is 0.544. The lowest BCUT2D eigenvalue weighted by molar-refractivity contribution is 0.0925. The Hall–Kier alpha value is -3.84. The minimum atomic E-state index is -0.463. The zero-order valence-electron chi connectivity index (χ0n) is 13.6. The molecule has 1 aliphatic heterocycles. The normalized spacial score (nSPS) is 12.5. The molecule has 1 aliphatic rings. The fourth-order valence-corrected chi connectivity index (χ4v) is 2.86. The van der Waals surface area contributed by atoms with Crippen molar-refractivity contribution < 1.29 is 14.7 Å². The van der Waals surface area contributed by atoms with Crippen LogP contribution >= 0.6 is 0 Å². The topological polar surface area (TPSA) is 57.6 Å². The number of benzene rings is 3. The molecule has 4 heteroatoms. The van der Waals surface area contributed by atoms with Crippen LogP contribution in [0.1, 0.15) is 31.8 Å². The Bertz CT molecular complexity index is 1090. The predicted molar refractivity (Wildman–Crippen MR) is 98.1 cm³/mol. The molecule has 0 saturated heterocycles. The van der Waals surface area contributed by atoms with E-state index in [-0.39, 0.29) is 17.0 Å². The lowest BCUT2D eigenvalue weighted by atomic mass is 10.1. The number of para-hydroxylation sites is 2. The van der Waals surface area contributed by atoms with Crippen molar-refractivity contribution in [3.63, 3.8) is 0 Å². The molecule has 4 rings (SSSR count). The number of aromatic hydroxyl groups is 1. The molecule has 0 unspecified atom stereocenters. The number of hydrogen-bond acceptors (Lipinski definition) is 3. The summed E-state index contributed by atoms with van der Waals surface area (Å²) in [4.78, 5) is 26.3. The zero-order chi connectivity index (χ0) is 18.1. The Balaban J connectivity index is 1.71. The lowest BCUT2D eigenvalue weighted by Gasteiger charge is -2.14. The van der Waals surface area contributed by atoms with Crippen molar-refractivity contribution in [1.82, 2.24) is 0 Å². The van der Waals surface area contributed by atoms with Crippen molar-refractivity contribution in [1.29, 1.82) is 0 Å². The summed E-state index contributed by atoms with van der Waals surface area (Å²) in [5, 5.41) is 9.98. The van der Waals surface area contributed by atoms with Crippen molar-refractivity contribution in [2.24, 2.45) is 0 Å². The Morgan fingerprint density at radius 2 is 1.35 bits per heavy atom. The summed E-state index contributed by atoms with van der Waals surface area (Å²) in [6.07, 6.45) is 0. The van der Waals surface area contributed by atoms with Crippen LogP contribution in [0.15, 0.2) is 72.8 Å². The lowest BCUT2D eigenvalue weighted by Crippen LogP contribution is -2.29. The molecule has 26 heavy (non-hydrogen) atoms. The molecule has 0 radical (unpaired) electrons. The molecule has 124 valence electrons. The molecule has 0 aliphatic carbocycles. The molecule has 3 aromatic rings. The van der Waals surface area contributed by atoms with Gasteiger partial charge in [-0.2, -0.15) is 0 Å². The van der Waals surface area contributed by atoms with Gasteiger partial charge in [-0.3, -0.25) is 9.59 Å². The summed E-state index contributed by atoms with van der Waals surface area (Å²) in [6.45, 7) is 0. The average molecular weight is 339 g/mol. The Morgan fingerprint density at radius 3 is 2.12 bits per heavy atom. The van der Waals surface area contributed by atoms with Crippen molar-refractivity contribution in [2.45, 2.75) is 0 Å². The van der Waals surface area contributed by atoms with E-state index in [0.29, 0.717) is 11.1 Å². The number of phenols is 1. The minimum Gasteiger partial charge on any atom is -0.506 e. The molecule has 0 fully saturated rings. The first-order valence-corrected chi connectivity index (χ1v) is 8.03. The van der Waals surface area contributed by atoms with E-state index < -0.39 is 11.8 Å². The molecule has 2 amide bonds. The molecule has 1 heterocycles. The minimum absolute atomic E-state index is 0.119. The van der Waals surface area contributed by atoms with Crippen molar-refractivity contribution in [3.05, 3.63) is 95.1 Å². The van der Waals surface area contributed by atoms with Gasteiger partial charge >= 0.3 is 0 Å². The number of hydrogen-bond donors (Lipinski definition) is 1. The van der Waals surface area contributed by atoms with Gasteiger partial charge in [-0.15, -0.1) is 0 Å². The van der Waals surface area contributed by atoms with Gasteiger partial charge in [0, 0.05) is 11.1 Å². The first kappa shape index (κ1) is 15.7. The van der Waals surface area contributed by atoms with Crippen LogP contribution < -0.4 is 4.90 Å². The van der Waals surface area contributed by atoms with E-state index in [0.717, 1.165) is 10.5 Å². The van der Waals surface area contributed by atoms with E-state index in [4.69, 9.17) is 0 Å². The van der Waals surface area contributed by atoms with Crippen LogP contribution in [0.25, 0.3) is 0 Å². The number of imide groups is 1. The number of nitrogens with zero attached hydrogens (tertiary/aromatic N) is 1. The van der Waals surface area contributed by atoms with Gasteiger partial charge < -0.3 is 5.11 Å². The summed E-state index contributed by atoms with van der Waals surface area (Å²) in [5.74, 6) is 5.01. The number of fused-ring (bicyclic) bond motifs is 1. The van der Waals surface area contributed by atoms with Gasteiger partial charge in [0.15, 0.2) is 0 Å². The Labute approximate surface area is 150 Å². The van der Waals surface area contributed by atoms with Crippen LogP contribution in [-0.4, -0.2) is 16.9 Å².